The van der Waals surface area contributed by atoms with Gasteiger partial charge in [0.25, 0.3) is 0 Å². The fraction of sp³-hybridized carbons (Fsp3) is 0.400. The van der Waals surface area contributed by atoms with Gasteiger partial charge in [0.2, 0.25) is 18.2 Å². The summed E-state index contributed by atoms with van der Waals surface area (Å²) in [4.78, 5) is 0. The summed E-state index contributed by atoms with van der Waals surface area (Å²) in [5.74, 6) is 0.608. The summed E-state index contributed by atoms with van der Waals surface area (Å²) in [5, 5.41) is 29.4. The summed E-state index contributed by atoms with van der Waals surface area (Å²) in [5.41, 5.74) is 1.58. The van der Waals surface area contributed by atoms with Crippen LogP contribution in [-0.2, 0) is 0 Å². The molecule has 29 heavy (non-hydrogen) atoms. The van der Waals surface area contributed by atoms with Crippen LogP contribution in [-0.4, -0.2) is 49.9 Å². The molecule has 1 aromatic carbocycles. The first-order chi connectivity index (χ1) is 14.2. The van der Waals surface area contributed by atoms with E-state index in [1.807, 2.05) is 0 Å². The first-order valence-electron chi connectivity index (χ1n) is 9.68. The van der Waals surface area contributed by atoms with E-state index in [1.165, 1.54) is 12.5 Å². The third kappa shape index (κ3) is 3.53. The van der Waals surface area contributed by atoms with Gasteiger partial charge < -0.3 is 19.6 Å². The minimum absolute atomic E-state index is 0.0127. The summed E-state index contributed by atoms with van der Waals surface area (Å²) in [6, 6.07) is 8.47. The van der Waals surface area contributed by atoms with E-state index in [1.54, 1.807) is 24.3 Å². The van der Waals surface area contributed by atoms with Gasteiger partial charge in [0, 0.05) is 35.7 Å². The molecule has 2 unspecified atom stereocenters. The predicted octanol–water partition coefficient (Wildman–Crippen LogP) is 2.90. The molecule has 2 aliphatic heterocycles. The Labute approximate surface area is 166 Å². The number of hydrogen-bond donors (Lipinski definition) is 2. The lowest BCUT2D eigenvalue weighted by Crippen LogP contribution is -2.59. The normalized spacial score (nSPS) is 26.2. The van der Waals surface area contributed by atoms with Crippen molar-refractivity contribution in [2.45, 2.75) is 50.0 Å². The van der Waals surface area contributed by atoms with E-state index in [0.29, 0.717) is 35.2 Å². The van der Waals surface area contributed by atoms with Gasteiger partial charge in [0.1, 0.15) is 11.9 Å². The molecule has 150 valence electrons. The van der Waals surface area contributed by atoms with E-state index in [9.17, 15) is 9.50 Å². The Balaban J connectivity index is 1.31. The van der Waals surface area contributed by atoms with Crippen LogP contribution in [0.15, 0.2) is 41.1 Å². The number of alkyl halides is 1. The highest BCUT2D eigenvalue weighted by Crippen LogP contribution is 2.33. The summed E-state index contributed by atoms with van der Waals surface area (Å²) in [6.45, 7) is 0. The van der Waals surface area contributed by atoms with Gasteiger partial charge >= 0.3 is 0 Å². The maximum atomic E-state index is 14.7. The summed E-state index contributed by atoms with van der Waals surface area (Å²) in [7, 11) is 0. The molecule has 8 nitrogen and oxygen atoms in total. The van der Waals surface area contributed by atoms with Crippen molar-refractivity contribution in [2.75, 3.05) is 0 Å². The molecule has 2 saturated heterocycles. The second-order valence-electron chi connectivity index (χ2n) is 7.47. The maximum Gasteiger partial charge on any atom is 0.247 e. The van der Waals surface area contributed by atoms with Gasteiger partial charge in [-0.1, -0.05) is 6.42 Å². The number of aromatic nitrogens is 4. The third-order valence-corrected chi connectivity index (χ3v) is 5.57. The van der Waals surface area contributed by atoms with E-state index in [2.05, 4.69) is 25.7 Å². The van der Waals surface area contributed by atoms with Gasteiger partial charge in [-0.15, -0.1) is 20.4 Å². The molecular weight excluding hydrogens is 377 g/mol. The molecule has 0 spiro atoms. The standard InChI is InChI=1S/C20H20FN5O3/c21-19-15-3-1-2-12(23-15)9-17(19)29-18-7-6-14(24-25-18)13-5-4-11(8-16(13)27)20-26-22-10-28-20/h4-8,10,12,15,17,19,23,27H,1-3,9H2/t12?,15?,17-,19+/m1/s1. The van der Waals surface area contributed by atoms with Crippen molar-refractivity contribution in [3.8, 4) is 34.3 Å². The second kappa shape index (κ2) is 7.40. The number of phenolic OH excluding ortho intramolecular Hbond substituents is 1. The molecule has 2 bridgehead atoms. The number of hydrogen-bond acceptors (Lipinski definition) is 8. The van der Waals surface area contributed by atoms with E-state index < -0.39 is 12.3 Å². The number of rotatable bonds is 4. The Morgan fingerprint density at radius 3 is 2.83 bits per heavy atom. The zero-order valence-corrected chi connectivity index (χ0v) is 15.5. The maximum absolute atomic E-state index is 14.7. The number of fused-ring (bicyclic) bond motifs is 2. The molecular formula is C20H20FN5O3. The Morgan fingerprint density at radius 2 is 2.07 bits per heavy atom. The molecule has 2 aromatic heterocycles. The van der Waals surface area contributed by atoms with Gasteiger partial charge in [0.15, 0.2) is 6.17 Å². The van der Waals surface area contributed by atoms with E-state index in [-0.39, 0.29) is 17.7 Å². The quantitative estimate of drug-likeness (QED) is 0.692. The SMILES string of the molecule is Oc1cc(-c2nnco2)ccc1-c1ccc(O[C@@H]2CC3CCCC(N3)[C@@H]2F)nn1. The number of phenols is 1. The number of ether oxygens (including phenoxy) is 1. The van der Waals surface area contributed by atoms with Gasteiger partial charge in [-0.25, -0.2) is 4.39 Å². The fourth-order valence-corrected chi connectivity index (χ4v) is 4.14. The monoisotopic (exact) mass is 397 g/mol. The molecule has 2 N–H and O–H groups in total. The molecule has 5 rings (SSSR count). The van der Waals surface area contributed by atoms with Crippen molar-refractivity contribution in [1.82, 2.24) is 25.7 Å². The molecule has 0 amide bonds. The molecule has 2 fully saturated rings. The predicted molar refractivity (Wildman–Crippen MR) is 101 cm³/mol. The van der Waals surface area contributed by atoms with Crippen molar-refractivity contribution >= 4 is 0 Å². The molecule has 0 aliphatic carbocycles. The number of aromatic hydroxyl groups is 1. The summed E-state index contributed by atoms with van der Waals surface area (Å²) in [6.07, 6.45) is 3.20. The lowest BCUT2D eigenvalue weighted by atomic mass is 9.84. The van der Waals surface area contributed by atoms with Crippen LogP contribution in [0.25, 0.3) is 22.7 Å². The average molecular weight is 397 g/mol. The number of nitrogens with one attached hydrogen (secondary N) is 1. The van der Waals surface area contributed by atoms with Crippen LogP contribution in [0.1, 0.15) is 25.7 Å². The summed E-state index contributed by atoms with van der Waals surface area (Å²) < 4.78 is 25.6. The molecule has 0 radical (unpaired) electrons. The molecule has 3 aromatic rings. The van der Waals surface area contributed by atoms with Crippen LogP contribution in [0.4, 0.5) is 4.39 Å². The van der Waals surface area contributed by atoms with Crippen molar-refractivity contribution in [2.24, 2.45) is 0 Å². The van der Waals surface area contributed by atoms with Crippen LogP contribution in [0.2, 0.25) is 0 Å². The zero-order valence-electron chi connectivity index (χ0n) is 15.5. The van der Waals surface area contributed by atoms with Crippen LogP contribution in [0.5, 0.6) is 11.6 Å². The lowest BCUT2D eigenvalue weighted by Gasteiger charge is -2.42. The van der Waals surface area contributed by atoms with Crippen molar-refractivity contribution < 1.29 is 18.7 Å². The highest BCUT2D eigenvalue weighted by Gasteiger charge is 2.41. The molecule has 4 heterocycles. The van der Waals surface area contributed by atoms with E-state index >= 15 is 0 Å². The third-order valence-electron chi connectivity index (χ3n) is 5.57. The minimum Gasteiger partial charge on any atom is -0.507 e. The van der Waals surface area contributed by atoms with Crippen LogP contribution >= 0.6 is 0 Å². The first-order valence-corrected chi connectivity index (χ1v) is 9.68. The average Bonchev–Trinajstić information content (AvgIpc) is 3.28. The Kier molecular flexibility index (Phi) is 4.59. The van der Waals surface area contributed by atoms with Gasteiger partial charge in [0.05, 0.1) is 5.69 Å². The largest absolute Gasteiger partial charge is 0.507 e. The Bertz CT molecular complexity index is 982. The van der Waals surface area contributed by atoms with Crippen molar-refractivity contribution in [1.29, 1.82) is 0 Å². The number of halogens is 1. The molecule has 9 heteroatoms. The number of piperidine rings is 2. The van der Waals surface area contributed by atoms with Crippen LogP contribution in [0.3, 0.4) is 0 Å². The zero-order chi connectivity index (χ0) is 19.8. The summed E-state index contributed by atoms with van der Waals surface area (Å²) >= 11 is 0. The van der Waals surface area contributed by atoms with Gasteiger partial charge in [-0.3, -0.25) is 0 Å². The Hall–Kier alpha value is -3.07. The molecule has 2 aliphatic rings. The number of nitrogens with zero attached hydrogens (tertiary/aromatic N) is 4. The van der Waals surface area contributed by atoms with Crippen LogP contribution < -0.4 is 10.1 Å². The molecule has 4 atom stereocenters. The van der Waals surface area contributed by atoms with Crippen molar-refractivity contribution in [3.05, 3.63) is 36.7 Å². The number of benzene rings is 1. The lowest BCUT2D eigenvalue weighted by molar-refractivity contribution is 0.00652. The fourth-order valence-electron chi connectivity index (χ4n) is 4.14. The molecule has 0 saturated carbocycles. The van der Waals surface area contributed by atoms with Crippen LogP contribution in [0, 0.1) is 0 Å². The topological polar surface area (TPSA) is 106 Å². The van der Waals surface area contributed by atoms with E-state index in [0.717, 1.165) is 19.3 Å². The van der Waals surface area contributed by atoms with Gasteiger partial charge in [-0.2, -0.15) is 0 Å². The second-order valence-corrected chi connectivity index (χ2v) is 7.47. The van der Waals surface area contributed by atoms with Crippen molar-refractivity contribution in [3.63, 3.8) is 0 Å². The Morgan fingerprint density at radius 1 is 1.14 bits per heavy atom. The smallest absolute Gasteiger partial charge is 0.247 e. The highest BCUT2D eigenvalue weighted by molar-refractivity contribution is 5.71. The van der Waals surface area contributed by atoms with Gasteiger partial charge in [-0.05, 0) is 37.1 Å². The first kappa shape index (κ1) is 18.0. The highest BCUT2D eigenvalue weighted by atomic mass is 19.1. The van der Waals surface area contributed by atoms with E-state index in [4.69, 9.17) is 9.15 Å². The minimum atomic E-state index is -1.06.